The van der Waals surface area contributed by atoms with Crippen molar-refractivity contribution in [3.05, 3.63) is 40.6 Å². The van der Waals surface area contributed by atoms with E-state index in [4.69, 9.17) is 9.72 Å². The molecule has 0 radical (unpaired) electrons. The van der Waals surface area contributed by atoms with Crippen LogP contribution in [0, 0.1) is 0 Å². The van der Waals surface area contributed by atoms with Gasteiger partial charge in [-0.1, -0.05) is 30.3 Å². The fourth-order valence-electron chi connectivity index (χ4n) is 2.09. The molecule has 1 heterocycles. The minimum absolute atomic E-state index is 0.537. The van der Waals surface area contributed by atoms with E-state index >= 15 is 0 Å². The summed E-state index contributed by atoms with van der Waals surface area (Å²) >= 11 is 3.59. The number of aromatic nitrogens is 2. The minimum atomic E-state index is -0.537. The van der Waals surface area contributed by atoms with Crippen LogP contribution < -0.4 is 5.32 Å². The summed E-state index contributed by atoms with van der Waals surface area (Å²) in [4.78, 5) is 9.29. The lowest BCUT2D eigenvalue weighted by atomic mass is 10.1. The van der Waals surface area contributed by atoms with Crippen molar-refractivity contribution >= 4 is 21.7 Å². The lowest BCUT2D eigenvalue weighted by Crippen LogP contribution is -2.25. The number of nitrogens with zero attached hydrogens (tertiary/aromatic N) is 2. The topological polar surface area (TPSA) is 47.0 Å². The largest absolute Gasteiger partial charge is 0.372 e. The third kappa shape index (κ3) is 3.41. The van der Waals surface area contributed by atoms with Crippen LogP contribution in [-0.4, -0.2) is 23.6 Å². The Labute approximate surface area is 134 Å². The lowest BCUT2D eigenvalue weighted by Gasteiger charge is -2.24. The quantitative estimate of drug-likeness (QED) is 0.877. The Bertz CT molecular complexity index is 614. The third-order valence-electron chi connectivity index (χ3n) is 3.18. The van der Waals surface area contributed by atoms with Crippen LogP contribution in [0.5, 0.6) is 0 Å². The highest BCUT2D eigenvalue weighted by atomic mass is 79.9. The average Bonchev–Trinajstić information content (AvgIpc) is 2.48. The number of ether oxygens (including phenoxy) is 1. The van der Waals surface area contributed by atoms with Gasteiger partial charge in [0.2, 0.25) is 0 Å². The molecular weight excluding hydrogens is 330 g/mol. The zero-order valence-corrected chi connectivity index (χ0v) is 14.4. The van der Waals surface area contributed by atoms with Crippen molar-refractivity contribution in [2.75, 3.05) is 19.0 Å². The number of anilines is 1. The first-order chi connectivity index (χ1) is 9.99. The molecule has 1 N–H and O–H groups in total. The molecule has 0 unspecified atom stereocenters. The van der Waals surface area contributed by atoms with Gasteiger partial charge in [-0.2, -0.15) is 0 Å². The summed E-state index contributed by atoms with van der Waals surface area (Å²) in [5.74, 6) is 1.42. The third-order valence-corrected chi connectivity index (χ3v) is 3.93. The van der Waals surface area contributed by atoms with E-state index < -0.39 is 5.60 Å². The lowest BCUT2D eigenvalue weighted by molar-refractivity contribution is -0.0206. The highest BCUT2D eigenvalue weighted by Gasteiger charge is 2.27. The Kier molecular flexibility index (Phi) is 4.96. The fourth-order valence-corrected chi connectivity index (χ4v) is 2.70. The molecule has 5 heteroatoms. The zero-order chi connectivity index (χ0) is 15.5. The molecule has 21 heavy (non-hydrogen) atoms. The summed E-state index contributed by atoms with van der Waals surface area (Å²) in [6.07, 6.45) is 0. The van der Waals surface area contributed by atoms with E-state index in [-0.39, 0.29) is 0 Å². The van der Waals surface area contributed by atoms with Gasteiger partial charge in [0.25, 0.3) is 0 Å². The van der Waals surface area contributed by atoms with Crippen LogP contribution in [0.15, 0.2) is 34.8 Å². The summed E-state index contributed by atoms with van der Waals surface area (Å²) in [6, 6.07) is 10.0. The minimum Gasteiger partial charge on any atom is -0.372 e. The van der Waals surface area contributed by atoms with Crippen molar-refractivity contribution in [3.63, 3.8) is 0 Å². The van der Waals surface area contributed by atoms with E-state index in [1.165, 1.54) is 0 Å². The smallest absolute Gasteiger partial charge is 0.162 e. The van der Waals surface area contributed by atoms with E-state index in [1.54, 1.807) is 0 Å². The Morgan fingerprint density at radius 2 is 1.86 bits per heavy atom. The van der Waals surface area contributed by atoms with E-state index in [0.717, 1.165) is 21.5 Å². The second-order valence-electron chi connectivity index (χ2n) is 5.12. The highest BCUT2D eigenvalue weighted by molar-refractivity contribution is 9.10. The standard InChI is InChI=1S/C16H20BrN3O/c1-5-21-16(2,3)15-19-13(11-9-7-6-8-10-11)12(17)14(18-4)20-15/h6-10H,5H2,1-4H3,(H,18,19,20). The van der Waals surface area contributed by atoms with Gasteiger partial charge in [0.1, 0.15) is 11.4 Å². The van der Waals surface area contributed by atoms with Gasteiger partial charge in [-0.05, 0) is 36.7 Å². The maximum atomic E-state index is 5.78. The molecule has 0 saturated heterocycles. The van der Waals surface area contributed by atoms with Crippen molar-refractivity contribution in [1.82, 2.24) is 9.97 Å². The Balaban J connectivity index is 2.60. The van der Waals surface area contributed by atoms with Crippen molar-refractivity contribution < 1.29 is 4.74 Å². The molecule has 2 rings (SSSR count). The normalized spacial score (nSPS) is 11.5. The van der Waals surface area contributed by atoms with Gasteiger partial charge in [-0.3, -0.25) is 0 Å². The van der Waals surface area contributed by atoms with E-state index in [2.05, 4.69) is 26.2 Å². The van der Waals surface area contributed by atoms with Gasteiger partial charge in [-0.25, -0.2) is 9.97 Å². The monoisotopic (exact) mass is 349 g/mol. The number of hydrogen-bond acceptors (Lipinski definition) is 4. The van der Waals surface area contributed by atoms with Crippen LogP contribution in [0.4, 0.5) is 5.82 Å². The predicted octanol–water partition coefficient (Wildman–Crippen LogP) is 4.22. The molecule has 0 atom stereocenters. The second kappa shape index (κ2) is 6.54. The molecule has 0 fully saturated rings. The molecule has 0 aliphatic rings. The maximum absolute atomic E-state index is 5.78. The van der Waals surface area contributed by atoms with Crippen molar-refractivity contribution in [2.45, 2.75) is 26.4 Å². The van der Waals surface area contributed by atoms with Gasteiger partial charge in [0.15, 0.2) is 5.82 Å². The van der Waals surface area contributed by atoms with Gasteiger partial charge in [0.05, 0.1) is 10.2 Å². The Morgan fingerprint density at radius 1 is 1.19 bits per heavy atom. The molecular formula is C16H20BrN3O. The summed E-state index contributed by atoms with van der Waals surface area (Å²) in [5.41, 5.74) is 1.36. The number of halogens is 1. The Morgan fingerprint density at radius 3 is 2.43 bits per heavy atom. The van der Waals surface area contributed by atoms with E-state index in [9.17, 15) is 0 Å². The number of rotatable bonds is 5. The van der Waals surface area contributed by atoms with Gasteiger partial charge < -0.3 is 10.1 Å². The molecule has 0 bridgehead atoms. The summed E-state index contributed by atoms with van der Waals surface area (Å²) in [7, 11) is 1.85. The Hall–Kier alpha value is -1.46. The molecule has 1 aromatic carbocycles. The maximum Gasteiger partial charge on any atom is 0.162 e. The van der Waals surface area contributed by atoms with Crippen molar-refractivity contribution in [2.24, 2.45) is 0 Å². The van der Waals surface area contributed by atoms with Crippen LogP contribution in [0.3, 0.4) is 0 Å². The van der Waals surface area contributed by atoms with Crippen LogP contribution in [0.25, 0.3) is 11.3 Å². The zero-order valence-electron chi connectivity index (χ0n) is 12.8. The number of nitrogens with one attached hydrogen (secondary N) is 1. The summed E-state index contributed by atoms with van der Waals surface area (Å²) in [5, 5.41) is 3.11. The molecule has 0 amide bonds. The fraction of sp³-hybridized carbons (Fsp3) is 0.375. The van der Waals surface area contributed by atoms with Crippen LogP contribution in [0.2, 0.25) is 0 Å². The second-order valence-corrected chi connectivity index (χ2v) is 5.91. The van der Waals surface area contributed by atoms with E-state index in [0.29, 0.717) is 12.4 Å². The summed E-state index contributed by atoms with van der Waals surface area (Å²) in [6.45, 7) is 6.54. The average molecular weight is 350 g/mol. The SMILES string of the molecule is CCOC(C)(C)c1nc(NC)c(Br)c(-c2ccccc2)n1. The first-order valence-electron chi connectivity index (χ1n) is 6.94. The van der Waals surface area contributed by atoms with Gasteiger partial charge in [0, 0.05) is 19.2 Å². The molecule has 1 aromatic heterocycles. The number of benzene rings is 1. The van der Waals surface area contributed by atoms with Crippen molar-refractivity contribution in [1.29, 1.82) is 0 Å². The number of hydrogen-bond donors (Lipinski definition) is 1. The van der Waals surface area contributed by atoms with Crippen LogP contribution in [-0.2, 0) is 10.3 Å². The molecule has 0 aliphatic heterocycles. The molecule has 0 saturated carbocycles. The molecule has 0 spiro atoms. The molecule has 0 aliphatic carbocycles. The van der Waals surface area contributed by atoms with Crippen LogP contribution >= 0.6 is 15.9 Å². The first-order valence-corrected chi connectivity index (χ1v) is 7.74. The highest BCUT2D eigenvalue weighted by Crippen LogP contribution is 2.34. The summed E-state index contributed by atoms with van der Waals surface area (Å²) < 4.78 is 6.63. The van der Waals surface area contributed by atoms with Crippen LogP contribution in [0.1, 0.15) is 26.6 Å². The molecule has 112 valence electrons. The van der Waals surface area contributed by atoms with Gasteiger partial charge >= 0.3 is 0 Å². The first kappa shape index (κ1) is 15.9. The van der Waals surface area contributed by atoms with Gasteiger partial charge in [-0.15, -0.1) is 0 Å². The molecule has 2 aromatic rings. The van der Waals surface area contributed by atoms with E-state index in [1.807, 2.05) is 58.2 Å². The molecule has 4 nitrogen and oxygen atoms in total. The predicted molar refractivity (Wildman–Crippen MR) is 89.4 cm³/mol. The van der Waals surface area contributed by atoms with Crippen molar-refractivity contribution in [3.8, 4) is 11.3 Å².